The molecule has 12 fully saturated rings. The molecule has 0 spiro atoms. The SMILES string of the molecule is C=C(Cn1cccn1)[C@H]1CC[C@H]2[C@@H]3CC[C@H]4C[C@@](O)(CC)CC[C@@H]4[C@H]3CC[C@]12C.C=C(Cn1cccn1)[C@H]1CC[C@H]2[C@@H]3CC[C@H]4C[C@](C)(O)[C@@H](C)C[C@@H]4[C@H]3CC[C@]12C.C=C(Cn1cccn1)[C@H]1CC[C@H]2[C@@H]3CC[C@H]4C[C@](C)(O)[C@H](C)C[C@@H]4[C@H]3CC[C@]12C. The van der Waals surface area contributed by atoms with Crippen LogP contribution in [0.5, 0.6) is 0 Å². The molecular formula is C78H120N6O3. The van der Waals surface area contributed by atoms with E-state index in [1.807, 2.05) is 50.8 Å². The Balaban J connectivity index is 0.000000121. The van der Waals surface area contributed by atoms with E-state index in [0.717, 1.165) is 141 Å². The molecule has 0 amide bonds. The highest BCUT2D eigenvalue weighted by Crippen LogP contribution is 2.69. The highest BCUT2D eigenvalue weighted by atomic mass is 16.3. The fourth-order valence-electron chi connectivity index (χ4n) is 25.9. The molecule has 3 aromatic heterocycles. The van der Waals surface area contributed by atoms with Gasteiger partial charge in [0.2, 0.25) is 0 Å². The third-order valence-corrected chi connectivity index (χ3v) is 30.8. The molecule has 15 rings (SSSR count). The molecule has 3 N–H and O–H groups in total. The molecule has 12 saturated carbocycles. The standard InChI is InChI=1S/3C26H40N2O/c2*1-17(16-28-13-5-12-27-28)23-8-9-24-21-7-6-19-15-26(4,29)18(2)14-22(19)20(21)10-11-25(23,24)3;1-4-26(29)13-11-20-19(16-26)6-7-22-21(20)10-12-25(3)23(8-9-24(22)25)18(2)17-28-15-5-14-27-28/h2*5,12-13,18-24,29H,1,6-11,14-16H2,2-4H3;5,14-15,19-24,29H,2,4,6-13,16-17H2,1,3H3/t18-,19+,20+,21-,22+,23-,24+,25-,26+;18-,19-,20-,21+,22-,23+,24-,25+,26-;19-,20-,21+,22+,23+,24-,25+,26+/m100/s1. The van der Waals surface area contributed by atoms with Gasteiger partial charge < -0.3 is 15.3 Å². The zero-order chi connectivity index (χ0) is 61.0. The molecule has 0 unspecified atom stereocenters. The average molecular weight is 1190 g/mol. The fourth-order valence-corrected chi connectivity index (χ4v) is 25.9. The van der Waals surface area contributed by atoms with Crippen LogP contribution >= 0.6 is 0 Å². The summed E-state index contributed by atoms with van der Waals surface area (Å²) in [4.78, 5) is 0. The molecule has 26 atom stereocenters. The minimum Gasteiger partial charge on any atom is -0.390 e. The summed E-state index contributed by atoms with van der Waals surface area (Å²) in [7, 11) is 0. The Kier molecular flexibility index (Phi) is 17.3. The number of allylic oxidation sites excluding steroid dienone is 3. The lowest BCUT2D eigenvalue weighted by molar-refractivity contribution is -0.121. The molecule has 3 aromatic rings. The Bertz CT molecular complexity index is 2710. The number of rotatable bonds is 10. The zero-order valence-corrected chi connectivity index (χ0v) is 55.9. The number of nitrogens with zero attached hydrogens (tertiary/aromatic N) is 6. The van der Waals surface area contributed by atoms with Crippen molar-refractivity contribution < 1.29 is 15.3 Å². The summed E-state index contributed by atoms with van der Waals surface area (Å²) in [5, 5.41) is 45.9. The second kappa shape index (κ2) is 24.0. The van der Waals surface area contributed by atoms with Gasteiger partial charge in [-0.15, -0.1) is 0 Å². The summed E-state index contributed by atoms with van der Waals surface area (Å²) >= 11 is 0. The summed E-state index contributed by atoms with van der Waals surface area (Å²) in [5.41, 5.74) is 4.25. The highest BCUT2D eigenvalue weighted by Gasteiger charge is 2.62. The van der Waals surface area contributed by atoms with Crippen LogP contribution in [0, 0.1) is 135 Å². The first kappa shape index (κ1) is 62.5. The smallest absolute Gasteiger partial charge is 0.0648 e. The second-order valence-electron chi connectivity index (χ2n) is 34.6. The van der Waals surface area contributed by atoms with E-state index in [-0.39, 0.29) is 5.60 Å². The Labute approximate surface area is 527 Å². The van der Waals surface area contributed by atoms with Crippen LogP contribution in [0.25, 0.3) is 0 Å². The molecule has 0 radical (unpaired) electrons. The monoisotopic (exact) mass is 1190 g/mol. The van der Waals surface area contributed by atoms with Gasteiger partial charge in [-0.25, -0.2) is 0 Å². The van der Waals surface area contributed by atoms with Crippen molar-refractivity contribution in [2.75, 3.05) is 0 Å². The molecule has 12 aliphatic carbocycles. The number of aliphatic hydroxyl groups is 3. The normalized spacial score (nSPS) is 48.3. The molecule has 0 aliphatic heterocycles. The Morgan fingerprint density at radius 2 is 0.747 bits per heavy atom. The van der Waals surface area contributed by atoms with Crippen LogP contribution in [0.2, 0.25) is 0 Å². The lowest BCUT2D eigenvalue weighted by Crippen LogP contribution is -2.52. The molecule has 480 valence electrons. The van der Waals surface area contributed by atoms with Crippen molar-refractivity contribution in [3.63, 3.8) is 0 Å². The number of hydrogen-bond donors (Lipinski definition) is 3. The topological polar surface area (TPSA) is 114 Å². The molecule has 9 nitrogen and oxygen atoms in total. The lowest BCUT2D eigenvalue weighted by atomic mass is 9.48. The molecule has 0 aromatic carbocycles. The number of fused-ring (bicyclic) bond motifs is 15. The van der Waals surface area contributed by atoms with E-state index in [4.69, 9.17) is 0 Å². The van der Waals surface area contributed by atoms with Crippen LogP contribution in [0.1, 0.15) is 222 Å². The Morgan fingerprint density at radius 3 is 1.08 bits per heavy atom. The van der Waals surface area contributed by atoms with Gasteiger partial charge in [0.05, 0.1) is 36.4 Å². The van der Waals surface area contributed by atoms with E-state index < -0.39 is 11.2 Å². The largest absolute Gasteiger partial charge is 0.390 e. The van der Waals surface area contributed by atoms with Crippen molar-refractivity contribution in [3.05, 3.63) is 91.8 Å². The summed E-state index contributed by atoms with van der Waals surface area (Å²) in [6.45, 7) is 35.0. The summed E-state index contributed by atoms with van der Waals surface area (Å²) in [6, 6.07) is 6.04. The molecule has 9 heteroatoms. The van der Waals surface area contributed by atoms with E-state index in [9.17, 15) is 15.3 Å². The molecule has 0 saturated heterocycles. The van der Waals surface area contributed by atoms with Crippen molar-refractivity contribution in [1.82, 2.24) is 29.3 Å². The van der Waals surface area contributed by atoms with Gasteiger partial charge in [-0.1, -0.05) is 78.0 Å². The second-order valence-corrected chi connectivity index (χ2v) is 34.6. The zero-order valence-electron chi connectivity index (χ0n) is 55.9. The molecule has 3 heterocycles. The van der Waals surface area contributed by atoms with Crippen LogP contribution in [0.15, 0.2) is 91.8 Å². The lowest BCUT2D eigenvalue weighted by Gasteiger charge is -2.58. The van der Waals surface area contributed by atoms with Crippen molar-refractivity contribution >= 4 is 0 Å². The van der Waals surface area contributed by atoms with Gasteiger partial charge in [-0.05, 0) is 334 Å². The molecule has 0 bridgehead atoms. The minimum atomic E-state index is -0.445. The molecule has 12 aliphatic rings. The predicted octanol–water partition coefficient (Wildman–Crippen LogP) is 17.3. The van der Waals surface area contributed by atoms with Crippen molar-refractivity contribution in [1.29, 1.82) is 0 Å². The van der Waals surface area contributed by atoms with E-state index in [1.165, 1.54) is 152 Å². The van der Waals surface area contributed by atoms with Gasteiger partial charge in [0.25, 0.3) is 0 Å². The van der Waals surface area contributed by atoms with E-state index in [0.29, 0.717) is 45.8 Å². The van der Waals surface area contributed by atoms with Crippen LogP contribution in [0.4, 0.5) is 0 Å². The van der Waals surface area contributed by atoms with Crippen molar-refractivity contribution in [3.8, 4) is 0 Å². The molecular weight excluding hydrogens is 1070 g/mol. The van der Waals surface area contributed by atoms with E-state index in [1.54, 1.807) is 0 Å². The quantitative estimate of drug-likeness (QED) is 0.174. The maximum absolute atomic E-state index is 10.9. The third kappa shape index (κ3) is 11.4. The summed E-state index contributed by atoms with van der Waals surface area (Å²) in [6.07, 6.45) is 45.5. The van der Waals surface area contributed by atoms with Crippen LogP contribution in [-0.4, -0.2) is 61.5 Å². The summed E-state index contributed by atoms with van der Waals surface area (Å²) < 4.78 is 6.14. The van der Waals surface area contributed by atoms with Gasteiger partial charge in [0.1, 0.15) is 0 Å². The first-order chi connectivity index (χ1) is 41.5. The van der Waals surface area contributed by atoms with Crippen molar-refractivity contribution in [2.45, 2.75) is 259 Å². The minimum absolute atomic E-state index is 0.361. The van der Waals surface area contributed by atoms with E-state index in [2.05, 4.69) is 109 Å². The van der Waals surface area contributed by atoms with Gasteiger partial charge >= 0.3 is 0 Å². The Hall–Kier alpha value is -3.27. The maximum atomic E-state index is 10.9. The van der Waals surface area contributed by atoms with Crippen LogP contribution in [-0.2, 0) is 19.6 Å². The third-order valence-electron chi connectivity index (χ3n) is 30.8. The van der Waals surface area contributed by atoms with Crippen molar-refractivity contribution in [2.24, 2.45) is 135 Å². The fraction of sp³-hybridized carbons (Fsp3) is 0.808. The summed E-state index contributed by atoms with van der Waals surface area (Å²) in [5.74, 6) is 15.9. The maximum Gasteiger partial charge on any atom is 0.0648 e. The Morgan fingerprint density at radius 1 is 0.414 bits per heavy atom. The highest BCUT2D eigenvalue weighted by molar-refractivity contribution is 5.20. The average Bonchev–Trinajstić information content (AvgIpc) is 1.74. The van der Waals surface area contributed by atoms with Gasteiger partial charge in [0.15, 0.2) is 0 Å². The predicted molar refractivity (Wildman–Crippen MR) is 351 cm³/mol. The van der Waals surface area contributed by atoms with Gasteiger partial charge in [-0.3, -0.25) is 14.0 Å². The van der Waals surface area contributed by atoms with Gasteiger partial charge in [0, 0.05) is 37.2 Å². The number of aromatic nitrogens is 6. The van der Waals surface area contributed by atoms with Gasteiger partial charge in [-0.2, -0.15) is 15.3 Å². The van der Waals surface area contributed by atoms with E-state index >= 15 is 0 Å². The van der Waals surface area contributed by atoms with Crippen LogP contribution in [0.3, 0.4) is 0 Å². The molecule has 87 heavy (non-hydrogen) atoms. The number of hydrogen-bond acceptors (Lipinski definition) is 6. The first-order valence-electron chi connectivity index (χ1n) is 36.6. The first-order valence-corrected chi connectivity index (χ1v) is 36.6. The van der Waals surface area contributed by atoms with Crippen LogP contribution < -0.4 is 0 Å².